The van der Waals surface area contributed by atoms with Crippen molar-refractivity contribution in [2.24, 2.45) is 5.16 Å². The third-order valence-electron chi connectivity index (χ3n) is 2.83. The average Bonchev–Trinajstić information content (AvgIpc) is 2.46. The summed E-state index contributed by atoms with van der Waals surface area (Å²) >= 11 is 0. The summed E-state index contributed by atoms with van der Waals surface area (Å²) in [4.78, 5) is 38.5. The minimum atomic E-state index is -0.664. The molecule has 0 bridgehead atoms. The third-order valence-corrected chi connectivity index (χ3v) is 2.83. The number of rotatable bonds is 11. The predicted molar refractivity (Wildman–Crippen MR) is 97.0 cm³/mol. The molecule has 9 heteroatoms. The van der Waals surface area contributed by atoms with Crippen molar-refractivity contribution in [3.8, 4) is 0 Å². The van der Waals surface area contributed by atoms with Crippen LogP contribution in [0.5, 0.6) is 0 Å². The number of alkyl carbamates (subject to hydrolysis) is 1. The summed E-state index contributed by atoms with van der Waals surface area (Å²) in [5, 5.41) is 8.28. The van der Waals surface area contributed by atoms with Gasteiger partial charge in [-0.1, -0.05) is 5.16 Å². The van der Waals surface area contributed by atoms with Crippen molar-refractivity contribution in [1.82, 2.24) is 10.6 Å². The Morgan fingerprint density at radius 3 is 2.27 bits per heavy atom. The number of ketones is 1. The number of amides is 2. The lowest BCUT2D eigenvalue weighted by Crippen LogP contribution is -2.37. The summed E-state index contributed by atoms with van der Waals surface area (Å²) in [5.74, 6) is -0.699. The highest BCUT2D eigenvalue weighted by Gasteiger charge is 2.23. The van der Waals surface area contributed by atoms with Crippen LogP contribution < -0.4 is 10.6 Å². The molecule has 2 amide bonds. The molecule has 2 N–H and O–H groups in total. The fourth-order valence-corrected chi connectivity index (χ4v) is 1.53. The molecular formula is C17H31N3O6. The van der Waals surface area contributed by atoms with E-state index < -0.39 is 17.6 Å². The van der Waals surface area contributed by atoms with Crippen LogP contribution in [-0.4, -0.2) is 61.5 Å². The van der Waals surface area contributed by atoms with Crippen LogP contribution >= 0.6 is 0 Å². The predicted octanol–water partition coefficient (Wildman–Crippen LogP) is 1.40. The Balaban J connectivity index is 3.88. The molecule has 0 rings (SSSR count). The summed E-state index contributed by atoms with van der Waals surface area (Å²) < 4.78 is 11.0. The van der Waals surface area contributed by atoms with Crippen molar-refractivity contribution >= 4 is 24.0 Å². The fraction of sp³-hybridized carbons (Fsp3) is 0.765. The van der Waals surface area contributed by atoms with E-state index in [-0.39, 0.29) is 31.1 Å². The van der Waals surface area contributed by atoms with Crippen LogP contribution in [0.25, 0.3) is 0 Å². The molecule has 0 aliphatic heterocycles. The van der Waals surface area contributed by atoms with E-state index in [1.165, 1.54) is 6.92 Å². The van der Waals surface area contributed by atoms with Crippen LogP contribution in [0, 0.1) is 0 Å². The highest BCUT2D eigenvalue weighted by molar-refractivity contribution is 6.26. The van der Waals surface area contributed by atoms with Crippen molar-refractivity contribution in [3.63, 3.8) is 0 Å². The number of carbonyl (C=O) groups excluding carboxylic acids is 3. The molecule has 0 heterocycles. The molecule has 0 aromatic heterocycles. The summed E-state index contributed by atoms with van der Waals surface area (Å²) in [6.45, 7) is 11.5. The van der Waals surface area contributed by atoms with Gasteiger partial charge in [-0.25, -0.2) is 4.79 Å². The maximum Gasteiger partial charge on any atom is 0.407 e. The van der Waals surface area contributed by atoms with E-state index in [9.17, 15) is 14.4 Å². The van der Waals surface area contributed by atoms with E-state index in [0.717, 1.165) is 6.21 Å². The molecule has 9 nitrogen and oxygen atoms in total. The SMILES string of the molecule is CC(=O)CNC(=O)C=NOCCNC(=O)OC(C)(C)CCOC(C)(C)C. The second kappa shape index (κ2) is 11.5. The monoisotopic (exact) mass is 373 g/mol. The van der Waals surface area contributed by atoms with Crippen LogP contribution in [-0.2, 0) is 23.9 Å². The van der Waals surface area contributed by atoms with Crippen molar-refractivity contribution < 1.29 is 28.7 Å². The van der Waals surface area contributed by atoms with Gasteiger partial charge in [0.2, 0.25) is 0 Å². The Morgan fingerprint density at radius 1 is 1.04 bits per heavy atom. The van der Waals surface area contributed by atoms with Crippen molar-refractivity contribution in [1.29, 1.82) is 0 Å². The van der Waals surface area contributed by atoms with Crippen molar-refractivity contribution in [3.05, 3.63) is 0 Å². The molecule has 0 saturated heterocycles. The molecule has 0 saturated carbocycles. The Labute approximate surface area is 154 Å². The van der Waals surface area contributed by atoms with Crippen LogP contribution in [0.15, 0.2) is 5.16 Å². The number of hydrogen-bond donors (Lipinski definition) is 2. The van der Waals surface area contributed by atoms with Crippen LogP contribution in [0.2, 0.25) is 0 Å². The van der Waals surface area contributed by atoms with E-state index in [0.29, 0.717) is 13.0 Å². The maximum atomic E-state index is 11.7. The number of oxime groups is 1. The summed E-state index contributed by atoms with van der Waals surface area (Å²) in [6, 6.07) is 0. The second-order valence-electron chi connectivity index (χ2n) is 7.27. The molecule has 26 heavy (non-hydrogen) atoms. The molecule has 0 aromatic carbocycles. The minimum absolute atomic E-state index is 0.0607. The zero-order chi connectivity index (χ0) is 20.2. The van der Waals surface area contributed by atoms with E-state index in [1.54, 1.807) is 13.8 Å². The van der Waals surface area contributed by atoms with Gasteiger partial charge in [0.05, 0.1) is 25.3 Å². The van der Waals surface area contributed by atoms with E-state index in [2.05, 4.69) is 15.8 Å². The molecule has 0 atom stereocenters. The number of nitrogens with zero attached hydrogens (tertiary/aromatic N) is 1. The van der Waals surface area contributed by atoms with E-state index in [1.807, 2.05) is 20.8 Å². The largest absolute Gasteiger partial charge is 0.443 e. The van der Waals surface area contributed by atoms with Crippen LogP contribution in [0.1, 0.15) is 48.0 Å². The van der Waals surface area contributed by atoms with Crippen molar-refractivity contribution in [2.45, 2.75) is 59.2 Å². The Kier molecular flexibility index (Phi) is 10.5. The van der Waals surface area contributed by atoms with Gasteiger partial charge >= 0.3 is 6.09 Å². The van der Waals surface area contributed by atoms with E-state index in [4.69, 9.17) is 14.3 Å². The van der Waals surface area contributed by atoms with Crippen LogP contribution in [0.4, 0.5) is 4.79 Å². The molecule has 150 valence electrons. The van der Waals surface area contributed by atoms with Crippen LogP contribution in [0.3, 0.4) is 0 Å². The number of carbonyl (C=O) groups is 3. The average molecular weight is 373 g/mol. The lowest BCUT2D eigenvalue weighted by molar-refractivity contribution is -0.120. The number of nitrogens with one attached hydrogen (secondary N) is 2. The molecule has 0 aromatic rings. The second-order valence-corrected chi connectivity index (χ2v) is 7.27. The molecule has 0 spiro atoms. The lowest BCUT2D eigenvalue weighted by atomic mass is 10.1. The first-order valence-corrected chi connectivity index (χ1v) is 8.45. The highest BCUT2D eigenvalue weighted by atomic mass is 16.6. The standard InChI is InChI=1S/C17H31N3O6/c1-13(21)11-19-14(22)12-20-25-10-8-18-15(23)26-17(5,6)7-9-24-16(2,3)4/h12H,7-11H2,1-6H3,(H,18,23)(H,19,22). The quantitative estimate of drug-likeness (QED) is 0.321. The topological polar surface area (TPSA) is 115 Å². The first kappa shape index (κ1) is 23.8. The van der Waals surface area contributed by atoms with Gasteiger partial charge in [-0.15, -0.1) is 0 Å². The fourth-order valence-electron chi connectivity index (χ4n) is 1.53. The smallest absolute Gasteiger partial charge is 0.407 e. The molecular weight excluding hydrogens is 342 g/mol. The summed E-state index contributed by atoms with van der Waals surface area (Å²) in [6.07, 6.45) is 0.908. The van der Waals surface area contributed by atoms with Gasteiger partial charge in [0.25, 0.3) is 5.91 Å². The molecule has 0 fully saturated rings. The normalized spacial score (nSPS) is 11.9. The summed E-state index contributed by atoms with van der Waals surface area (Å²) in [5.41, 5.74) is -0.900. The van der Waals surface area contributed by atoms with Gasteiger partial charge in [0.15, 0.2) is 0 Å². The Bertz CT molecular complexity index is 497. The van der Waals surface area contributed by atoms with Crippen molar-refractivity contribution in [2.75, 3.05) is 26.3 Å². The van der Waals surface area contributed by atoms with Gasteiger partial charge in [-0.2, -0.15) is 0 Å². The molecule has 0 aliphatic carbocycles. The maximum absolute atomic E-state index is 11.7. The summed E-state index contributed by atoms with van der Waals surface area (Å²) in [7, 11) is 0. The van der Waals surface area contributed by atoms with Gasteiger partial charge in [-0.3, -0.25) is 9.59 Å². The minimum Gasteiger partial charge on any atom is -0.443 e. The Hall–Kier alpha value is -2.16. The van der Waals surface area contributed by atoms with E-state index >= 15 is 0 Å². The Morgan fingerprint density at radius 2 is 1.69 bits per heavy atom. The van der Waals surface area contributed by atoms with Gasteiger partial charge < -0.3 is 24.9 Å². The number of Topliss-reactive ketones (excluding diaryl/α,β-unsaturated/α-hetero) is 1. The lowest BCUT2D eigenvalue weighted by Gasteiger charge is -2.27. The molecule has 0 aliphatic rings. The molecule has 0 unspecified atom stereocenters. The van der Waals surface area contributed by atoms with Gasteiger partial charge in [-0.05, 0) is 41.5 Å². The zero-order valence-corrected chi connectivity index (χ0v) is 16.5. The first-order chi connectivity index (χ1) is 11.9. The highest BCUT2D eigenvalue weighted by Crippen LogP contribution is 2.17. The third kappa shape index (κ3) is 15.4. The number of hydrogen-bond acceptors (Lipinski definition) is 7. The zero-order valence-electron chi connectivity index (χ0n) is 16.5. The van der Waals surface area contributed by atoms with Gasteiger partial charge in [0.1, 0.15) is 24.2 Å². The first-order valence-electron chi connectivity index (χ1n) is 8.45. The number of ether oxygens (including phenoxy) is 2. The molecule has 0 radical (unpaired) electrons. The van der Waals surface area contributed by atoms with Gasteiger partial charge in [0, 0.05) is 6.42 Å².